The van der Waals surface area contributed by atoms with Gasteiger partial charge >= 0.3 is 6.09 Å². The summed E-state index contributed by atoms with van der Waals surface area (Å²) < 4.78 is 12.0. The Morgan fingerprint density at radius 1 is 1.10 bits per heavy atom. The van der Waals surface area contributed by atoms with Crippen molar-refractivity contribution in [1.82, 2.24) is 19.7 Å². The number of hydrogen-bond acceptors (Lipinski definition) is 6. The number of halogens is 1. The number of carbonyl (C=O) groups excluding carboxylic acids is 2. The van der Waals surface area contributed by atoms with Crippen LogP contribution in [-0.2, 0) is 11.3 Å². The lowest BCUT2D eigenvalue weighted by molar-refractivity contribution is -0.199. The molecule has 10 heteroatoms. The Kier molecular flexibility index (Phi) is 8.94. The predicted octanol–water partition coefficient (Wildman–Crippen LogP) is 7.05. The minimum absolute atomic E-state index is 0.00220. The molecule has 0 bridgehead atoms. The van der Waals surface area contributed by atoms with Crippen molar-refractivity contribution >= 4 is 29.3 Å². The molecule has 6 rings (SSSR count). The molecule has 1 aromatic carbocycles. The number of likely N-dealkylation sites (tertiary alicyclic amines) is 2. The Balaban J connectivity index is 1.01. The average Bonchev–Trinajstić information content (AvgIpc) is 3.30. The Morgan fingerprint density at radius 2 is 1.79 bits per heavy atom. The topological polar surface area (TPSA) is 79.6 Å². The van der Waals surface area contributed by atoms with Crippen LogP contribution < -0.4 is 4.74 Å². The third-order valence-electron chi connectivity index (χ3n) is 10.3. The Labute approximate surface area is 289 Å². The van der Waals surface area contributed by atoms with Crippen LogP contribution in [0, 0.1) is 41.1 Å². The highest BCUT2D eigenvalue weighted by Crippen LogP contribution is 2.59. The van der Waals surface area contributed by atoms with Gasteiger partial charge in [-0.05, 0) is 69.7 Å². The van der Waals surface area contributed by atoms with Gasteiger partial charge in [0.2, 0.25) is 5.69 Å². The van der Waals surface area contributed by atoms with Crippen LogP contribution in [-0.4, -0.2) is 82.2 Å². The summed E-state index contributed by atoms with van der Waals surface area (Å²) in [5.74, 6) is 8.19. The molecule has 2 aromatic rings. The number of ether oxygens (including phenoxy) is 2. The third kappa shape index (κ3) is 6.60. The normalized spacial score (nSPS) is 23.7. The van der Waals surface area contributed by atoms with Gasteiger partial charge in [-0.15, -0.1) is 0 Å². The second kappa shape index (κ2) is 12.6. The largest absolute Gasteiger partial charge is 0.489 e. The number of carbonyl (C=O) groups is 2. The smallest absolute Gasteiger partial charge is 0.410 e. The van der Waals surface area contributed by atoms with Gasteiger partial charge in [0.15, 0.2) is 0 Å². The van der Waals surface area contributed by atoms with Crippen molar-refractivity contribution in [2.75, 3.05) is 32.7 Å². The molecular weight excluding hydrogens is 626 g/mol. The van der Waals surface area contributed by atoms with E-state index in [9.17, 15) is 9.59 Å². The highest BCUT2D eigenvalue weighted by atomic mass is 35.5. The maximum absolute atomic E-state index is 13.7. The molecule has 2 amide bonds. The van der Waals surface area contributed by atoms with E-state index >= 15 is 0 Å². The van der Waals surface area contributed by atoms with Crippen LogP contribution in [0.15, 0.2) is 30.3 Å². The molecule has 1 saturated carbocycles. The fourth-order valence-corrected chi connectivity index (χ4v) is 8.67. The van der Waals surface area contributed by atoms with Gasteiger partial charge in [0.05, 0.1) is 29.4 Å². The van der Waals surface area contributed by atoms with E-state index < -0.39 is 5.60 Å². The molecule has 3 fully saturated rings. The summed E-state index contributed by atoms with van der Waals surface area (Å²) >= 11 is 6.27. The van der Waals surface area contributed by atoms with Crippen LogP contribution in [0.4, 0.5) is 10.5 Å². The predicted molar refractivity (Wildman–Crippen MR) is 185 cm³/mol. The van der Waals surface area contributed by atoms with Crippen LogP contribution in [0.3, 0.4) is 0 Å². The molecule has 254 valence electrons. The second-order valence-corrected chi connectivity index (χ2v) is 16.4. The van der Waals surface area contributed by atoms with Gasteiger partial charge < -0.3 is 24.2 Å². The summed E-state index contributed by atoms with van der Waals surface area (Å²) in [7, 11) is 0. The fraction of sp³-hybridized carbons (Fsp3) is 0.579. The van der Waals surface area contributed by atoms with Crippen LogP contribution in [0.25, 0.3) is 4.85 Å². The summed E-state index contributed by atoms with van der Waals surface area (Å²) in [5.41, 5.74) is 1.38. The molecule has 0 atom stereocenters. The standard InChI is InChI=1S/C38H46ClN5O4/c1-36(2,3)48-35(46)43-17-15-24(16-18-43)20-42-21-25(22-42)9-10-26-11-13-28-31(41-26)23-44(32(28)45)33-37(4,5)34(38(33,6)7)47-27-12-14-30(40-8)29(39)19-27/h11-14,19,24-25,33-34H,15-18,20-23H2,1-7H3. The van der Waals surface area contributed by atoms with Gasteiger partial charge in [0.25, 0.3) is 5.91 Å². The number of pyridine rings is 1. The van der Waals surface area contributed by atoms with Gasteiger partial charge in [0.1, 0.15) is 23.1 Å². The van der Waals surface area contributed by atoms with E-state index in [0.717, 1.165) is 51.3 Å². The van der Waals surface area contributed by atoms with E-state index in [2.05, 4.69) is 49.3 Å². The maximum Gasteiger partial charge on any atom is 0.410 e. The first-order chi connectivity index (χ1) is 22.6. The zero-order valence-corrected chi connectivity index (χ0v) is 29.9. The molecule has 4 aliphatic rings. The van der Waals surface area contributed by atoms with E-state index in [4.69, 9.17) is 32.6 Å². The van der Waals surface area contributed by atoms with Crippen molar-refractivity contribution in [1.29, 1.82) is 0 Å². The van der Waals surface area contributed by atoms with Gasteiger partial charge in [-0.2, -0.15) is 0 Å². The first-order valence-electron chi connectivity index (χ1n) is 16.9. The molecule has 4 heterocycles. The lowest BCUT2D eigenvalue weighted by Gasteiger charge is -2.65. The molecule has 0 N–H and O–H groups in total. The number of benzene rings is 1. The van der Waals surface area contributed by atoms with E-state index in [0.29, 0.717) is 46.1 Å². The molecule has 0 radical (unpaired) electrons. The van der Waals surface area contributed by atoms with E-state index in [1.807, 2.05) is 42.7 Å². The first kappa shape index (κ1) is 34.1. The minimum atomic E-state index is -0.467. The van der Waals surface area contributed by atoms with E-state index in [-0.39, 0.29) is 35.0 Å². The Morgan fingerprint density at radius 3 is 2.42 bits per heavy atom. The summed E-state index contributed by atoms with van der Waals surface area (Å²) in [6.45, 7) is 26.4. The quantitative estimate of drug-likeness (QED) is 0.250. The molecule has 9 nitrogen and oxygen atoms in total. The zero-order chi connectivity index (χ0) is 34.6. The Bertz CT molecular complexity index is 1680. The molecule has 0 unspecified atom stereocenters. The van der Waals surface area contributed by atoms with Gasteiger partial charge in [0, 0.05) is 55.5 Å². The molecule has 1 aromatic heterocycles. The molecule has 48 heavy (non-hydrogen) atoms. The van der Waals surface area contributed by atoms with E-state index in [1.54, 1.807) is 18.2 Å². The first-order valence-corrected chi connectivity index (χ1v) is 17.3. The summed E-state index contributed by atoms with van der Waals surface area (Å²) in [6, 6.07) is 8.83. The van der Waals surface area contributed by atoms with Crippen molar-refractivity contribution < 1.29 is 19.1 Å². The second-order valence-electron chi connectivity index (χ2n) is 16.0. The summed E-state index contributed by atoms with van der Waals surface area (Å²) in [4.78, 5) is 40.5. The van der Waals surface area contributed by atoms with Crippen LogP contribution in [0.2, 0.25) is 5.02 Å². The van der Waals surface area contributed by atoms with Crippen LogP contribution >= 0.6 is 11.6 Å². The van der Waals surface area contributed by atoms with Crippen molar-refractivity contribution in [3.63, 3.8) is 0 Å². The molecule has 1 aliphatic carbocycles. The SMILES string of the molecule is [C-]#[N+]c1ccc(OC2C(C)(C)C(N3Cc4nc(C#CC5CN(CC6CCN(C(=O)OC(C)(C)C)CC6)C5)ccc4C3=O)C2(C)C)cc1Cl. The molecular formula is C38H46ClN5O4. The van der Waals surface area contributed by atoms with E-state index in [1.165, 1.54) is 0 Å². The average molecular weight is 672 g/mol. The number of amides is 2. The molecule has 3 aliphatic heterocycles. The van der Waals surface area contributed by atoms with Crippen molar-refractivity contribution in [3.05, 3.63) is 63.7 Å². The molecule has 0 spiro atoms. The van der Waals surface area contributed by atoms with Crippen molar-refractivity contribution in [2.45, 2.75) is 85.6 Å². The monoisotopic (exact) mass is 671 g/mol. The van der Waals surface area contributed by atoms with Crippen LogP contribution in [0.1, 0.15) is 83.1 Å². The van der Waals surface area contributed by atoms with Gasteiger partial charge in [-0.3, -0.25) is 4.79 Å². The highest BCUT2D eigenvalue weighted by molar-refractivity contribution is 6.33. The number of aromatic nitrogens is 1. The van der Waals surface area contributed by atoms with Gasteiger partial charge in [-0.25, -0.2) is 14.6 Å². The Hall–Kier alpha value is -3.79. The maximum atomic E-state index is 13.7. The van der Waals surface area contributed by atoms with Crippen LogP contribution in [0.5, 0.6) is 5.75 Å². The fourth-order valence-electron chi connectivity index (χ4n) is 8.46. The van der Waals surface area contributed by atoms with Gasteiger partial charge in [-0.1, -0.05) is 51.3 Å². The number of hydrogen-bond donors (Lipinski definition) is 0. The summed E-state index contributed by atoms with van der Waals surface area (Å²) in [5, 5.41) is 0.368. The number of piperidine rings is 1. The number of nitrogens with zero attached hydrogens (tertiary/aromatic N) is 5. The summed E-state index contributed by atoms with van der Waals surface area (Å²) in [6.07, 6.45) is 1.62. The van der Waals surface area contributed by atoms with Crippen molar-refractivity contribution in [3.8, 4) is 17.6 Å². The number of fused-ring (bicyclic) bond motifs is 1. The minimum Gasteiger partial charge on any atom is -0.489 e. The lowest BCUT2D eigenvalue weighted by Crippen LogP contribution is -2.74. The molecule has 2 saturated heterocycles. The highest BCUT2D eigenvalue weighted by Gasteiger charge is 2.67. The van der Waals surface area contributed by atoms with Crippen molar-refractivity contribution in [2.24, 2.45) is 22.7 Å². The lowest BCUT2D eigenvalue weighted by atomic mass is 9.49. The zero-order valence-electron chi connectivity index (χ0n) is 29.1. The number of rotatable bonds is 5. The third-order valence-corrected chi connectivity index (χ3v) is 10.6.